The van der Waals surface area contributed by atoms with Crippen molar-refractivity contribution in [2.45, 2.75) is 117 Å². The van der Waals surface area contributed by atoms with Crippen molar-refractivity contribution in [1.29, 1.82) is 0 Å². The molecule has 2 aromatic carbocycles. The topological polar surface area (TPSA) is 40.5 Å². The van der Waals surface area contributed by atoms with E-state index in [1.54, 1.807) is 12.1 Å². The van der Waals surface area contributed by atoms with Gasteiger partial charge in [-0.05, 0) is 48.9 Å². The first-order chi connectivity index (χ1) is 15.7. The van der Waals surface area contributed by atoms with Gasteiger partial charge in [-0.1, -0.05) is 127 Å². The van der Waals surface area contributed by atoms with Gasteiger partial charge in [-0.3, -0.25) is 0 Å². The number of unbranched alkanes of at least 4 members (excludes halogenated alkanes) is 12. The van der Waals surface area contributed by atoms with Crippen LogP contribution in [0, 0.1) is 0 Å². The van der Waals surface area contributed by atoms with E-state index in [0.717, 1.165) is 24.0 Å². The largest absolute Gasteiger partial charge is 0.508 e. The summed E-state index contributed by atoms with van der Waals surface area (Å²) in [7, 11) is 0. The first-order valence-corrected chi connectivity index (χ1v) is 13.2. The van der Waals surface area contributed by atoms with Crippen molar-refractivity contribution in [3.8, 4) is 11.5 Å². The molecule has 2 radical (unpaired) electrons. The number of hydrogen-bond acceptors (Lipinski definition) is 2. The van der Waals surface area contributed by atoms with Crippen LogP contribution in [0.5, 0.6) is 11.5 Å². The molecule has 0 aliphatic heterocycles. The summed E-state index contributed by atoms with van der Waals surface area (Å²) in [4.78, 5) is 0. The minimum Gasteiger partial charge on any atom is -0.508 e. The Labute approximate surface area is 244 Å². The van der Waals surface area contributed by atoms with Gasteiger partial charge in [-0.2, -0.15) is 0 Å². The number of phenols is 2. The van der Waals surface area contributed by atoms with E-state index in [0.29, 0.717) is 11.5 Å². The summed E-state index contributed by atoms with van der Waals surface area (Å²) >= 11 is 0. The second-order valence-electron chi connectivity index (χ2n) is 9.00. The molecule has 2 N–H and O–H groups in total. The van der Waals surface area contributed by atoms with Crippen LogP contribution in [0.25, 0.3) is 0 Å². The van der Waals surface area contributed by atoms with Crippen molar-refractivity contribution < 1.29 is 10.2 Å². The zero-order chi connectivity index (χ0) is 23.3. The molecule has 0 saturated heterocycles. The Morgan fingerprint density at radius 3 is 1.09 bits per heavy atom. The number of rotatable bonds is 16. The van der Waals surface area contributed by atoms with E-state index in [-0.39, 0.29) is 48.9 Å². The SMILES string of the molecule is CCCCCCCCCc1ccccc1O.CCCCCCCCCc1ccccc1O.[Ba]. The van der Waals surface area contributed by atoms with Crippen LogP contribution in [0.1, 0.15) is 115 Å². The van der Waals surface area contributed by atoms with Crippen molar-refractivity contribution in [3.63, 3.8) is 0 Å². The van der Waals surface area contributed by atoms with E-state index < -0.39 is 0 Å². The van der Waals surface area contributed by atoms with E-state index in [1.165, 1.54) is 89.9 Å². The summed E-state index contributed by atoms with van der Waals surface area (Å²) in [5.74, 6) is 0.905. The smallest absolute Gasteiger partial charge is 0.118 e. The first-order valence-electron chi connectivity index (χ1n) is 13.2. The van der Waals surface area contributed by atoms with Crippen molar-refractivity contribution in [2.75, 3.05) is 0 Å². The van der Waals surface area contributed by atoms with Gasteiger partial charge < -0.3 is 10.2 Å². The molecule has 0 aromatic heterocycles. The van der Waals surface area contributed by atoms with E-state index in [2.05, 4.69) is 13.8 Å². The molecule has 0 aliphatic carbocycles. The number of phenolic OH excluding ortho intramolecular Hbond substituents is 2. The summed E-state index contributed by atoms with van der Waals surface area (Å²) in [5, 5.41) is 19.2. The third kappa shape index (κ3) is 17.7. The first kappa shape index (κ1) is 32.6. The third-order valence-corrected chi connectivity index (χ3v) is 6.08. The monoisotopic (exact) mass is 578 g/mol. The molecule has 0 atom stereocenters. The minimum atomic E-state index is 0. The molecule has 0 saturated carbocycles. The van der Waals surface area contributed by atoms with Crippen LogP contribution >= 0.6 is 0 Å². The van der Waals surface area contributed by atoms with Gasteiger partial charge in [-0.15, -0.1) is 0 Å². The summed E-state index contributed by atoms with van der Waals surface area (Å²) in [6, 6.07) is 15.3. The zero-order valence-corrected chi connectivity index (χ0v) is 26.0. The van der Waals surface area contributed by atoms with Gasteiger partial charge >= 0.3 is 0 Å². The maximum absolute atomic E-state index is 9.58. The van der Waals surface area contributed by atoms with E-state index in [9.17, 15) is 10.2 Å². The predicted octanol–water partition coefficient (Wildman–Crippen LogP) is 8.99. The van der Waals surface area contributed by atoms with Crippen LogP contribution in [0.4, 0.5) is 0 Å². The Hall–Kier alpha value is -0.389. The van der Waals surface area contributed by atoms with Crippen LogP contribution in [0.15, 0.2) is 48.5 Å². The van der Waals surface area contributed by atoms with Crippen molar-refractivity contribution in [2.24, 2.45) is 0 Å². The number of aryl methyl sites for hydroxylation is 2. The van der Waals surface area contributed by atoms with E-state index >= 15 is 0 Å². The van der Waals surface area contributed by atoms with Gasteiger partial charge in [0.05, 0.1) is 0 Å². The van der Waals surface area contributed by atoms with Crippen molar-refractivity contribution >= 4 is 48.9 Å². The number of aromatic hydroxyl groups is 2. The predicted molar refractivity (Wildman–Crippen MR) is 145 cm³/mol. The van der Waals surface area contributed by atoms with Gasteiger partial charge in [0.1, 0.15) is 11.5 Å². The Morgan fingerprint density at radius 2 is 0.758 bits per heavy atom. The molecule has 0 bridgehead atoms. The van der Waals surface area contributed by atoms with Crippen molar-refractivity contribution in [1.82, 2.24) is 0 Å². The molecule has 0 spiro atoms. The van der Waals surface area contributed by atoms with Crippen molar-refractivity contribution in [3.05, 3.63) is 59.7 Å². The molecule has 0 heterocycles. The van der Waals surface area contributed by atoms with Crippen LogP contribution < -0.4 is 0 Å². The summed E-state index contributed by atoms with van der Waals surface area (Å²) in [5.41, 5.74) is 2.19. The molecule has 33 heavy (non-hydrogen) atoms. The maximum Gasteiger partial charge on any atom is 0.118 e. The van der Waals surface area contributed by atoms with Crippen LogP contribution in [0.3, 0.4) is 0 Å². The second-order valence-corrected chi connectivity index (χ2v) is 9.00. The summed E-state index contributed by atoms with van der Waals surface area (Å²) in [6.07, 6.45) is 20.6. The number of benzene rings is 2. The fourth-order valence-electron chi connectivity index (χ4n) is 3.99. The van der Waals surface area contributed by atoms with Gasteiger partial charge in [0.2, 0.25) is 0 Å². The zero-order valence-electron chi connectivity index (χ0n) is 21.5. The molecule has 3 heteroatoms. The number of hydrogen-bond donors (Lipinski definition) is 2. The summed E-state index contributed by atoms with van der Waals surface area (Å²) < 4.78 is 0. The molecule has 0 fully saturated rings. The minimum absolute atomic E-state index is 0. The van der Waals surface area contributed by atoms with Crippen LogP contribution in [-0.4, -0.2) is 59.1 Å². The molecule has 2 rings (SSSR count). The number of para-hydroxylation sites is 2. The molecule has 0 unspecified atom stereocenters. The Balaban J connectivity index is 0.000000602. The molecule has 2 aromatic rings. The molecule has 0 amide bonds. The van der Waals surface area contributed by atoms with Gasteiger partial charge in [0.25, 0.3) is 0 Å². The standard InChI is InChI=1S/2C15H24O.Ba/c2*1-2-3-4-5-6-7-8-11-14-12-9-10-13-15(14)16;/h2*9-10,12-13,16H,2-8,11H2,1H3;. The second kappa shape index (κ2) is 23.4. The fourth-order valence-corrected chi connectivity index (χ4v) is 3.99. The summed E-state index contributed by atoms with van der Waals surface area (Å²) in [6.45, 7) is 4.50. The average molecular weight is 578 g/mol. The Morgan fingerprint density at radius 1 is 0.455 bits per heavy atom. The van der Waals surface area contributed by atoms with Crippen LogP contribution in [0.2, 0.25) is 0 Å². The Kier molecular flexibility index (Phi) is 23.1. The quantitative estimate of drug-likeness (QED) is 0.154. The Bertz CT molecular complexity index is 627. The van der Waals surface area contributed by atoms with Gasteiger partial charge in [-0.25, -0.2) is 0 Å². The molecule has 0 aliphatic rings. The molecular weight excluding hydrogens is 530 g/mol. The molecule has 182 valence electrons. The molecule has 2 nitrogen and oxygen atoms in total. The fraction of sp³-hybridized carbons (Fsp3) is 0.600. The van der Waals surface area contributed by atoms with Crippen LogP contribution in [-0.2, 0) is 12.8 Å². The average Bonchev–Trinajstić information content (AvgIpc) is 2.80. The van der Waals surface area contributed by atoms with Gasteiger partial charge in [0, 0.05) is 48.9 Å². The molecular formula is C30H48BaO2. The van der Waals surface area contributed by atoms with Gasteiger partial charge in [0.15, 0.2) is 0 Å². The maximum atomic E-state index is 9.58. The third-order valence-electron chi connectivity index (χ3n) is 6.08. The van der Waals surface area contributed by atoms with E-state index in [1.807, 2.05) is 36.4 Å². The van der Waals surface area contributed by atoms with E-state index in [4.69, 9.17) is 0 Å². The normalized spacial score (nSPS) is 10.2.